The minimum absolute atomic E-state index is 0.139. The van der Waals surface area contributed by atoms with Crippen LogP contribution in [0, 0.1) is 0 Å². The van der Waals surface area contributed by atoms with Crippen LogP contribution in [-0.2, 0) is 29.2 Å². The summed E-state index contributed by atoms with van der Waals surface area (Å²) in [5.74, 6) is -2.06. The molecule has 1 fully saturated rings. The molecular formula is C9H12O7S. The summed E-state index contributed by atoms with van der Waals surface area (Å²) in [6.07, 6.45) is -0.111. The first-order valence-corrected chi connectivity index (χ1v) is 6.18. The van der Waals surface area contributed by atoms with Gasteiger partial charge in [-0.15, -0.1) is 6.58 Å². The summed E-state index contributed by atoms with van der Waals surface area (Å²) >= 11 is 0. The Hall–Kier alpha value is -1.41. The first kappa shape index (κ1) is 13.7. The van der Waals surface area contributed by atoms with Gasteiger partial charge in [-0.05, 0) is 6.42 Å². The fourth-order valence-electron chi connectivity index (χ4n) is 1.47. The van der Waals surface area contributed by atoms with E-state index in [0.717, 1.165) is 6.08 Å². The summed E-state index contributed by atoms with van der Waals surface area (Å²) in [5, 5.41) is 0. The molecule has 1 atom stereocenters. The van der Waals surface area contributed by atoms with Crippen molar-refractivity contribution in [3.8, 4) is 0 Å². The van der Waals surface area contributed by atoms with E-state index in [-0.39, 0.29) is 13.2 Å². The lowest BCUT2D eigenvalue weighted by molar-refractivity contribution is -0.161. The van der Waals surface area contributed by atoms with Gasteiger partial charge in [-0.2, -0.15) is 8.42 Å². The molecule has 1 N–H and O–H groups in total. The Kier molecular flexibility index (Phi) is 3.89. The Morgan fingerprint density at radius 1 is 1.35 bits per heavy atom. The first-order chi connectivity index (χ1) is 7.83. The molecule has 0 aliphatic carbocycles. The molecule has 1 saturated heterocycles. The highest BCUT2D eigenvalue weighted by Gasteiger charge is 2.53. The summed E-state index contributed by atoms with van der Waals surface area (Å²) in [6.45, 7) is 2.90. The van der Waals surface area contributed by atoms with Crippen molar-refractivity contribution in [2.75, 3.05) is 13.2 Å². The summed E-state index contributed by atoms with van der Waals surface area (Å²) in [6, 6.07) is 0. The zero-order valence-corrected chi connectivity index (χ0v) is 9.73. The average Bonchev–Trinajstić information content (AvgIpc) is 2.19. The molecule has 1 rings (SSSR count). The van der Waals surface area contributed by atoms with E-state index in [9.17, 15) is 18.0 Å². The van der Waals surface area contributed by atoms with Crippen LogP contribution in [0.5, 0.6) is 0 Å². The predicted molar refractivity (Wildman–Crippen MR) is 55.6 cm³/mol. The SMILES string of the molecule is C=CCC1(S(=O)(=O)O)CC(=O)OCCOC1=O. The standard InChI is InChI=1S/C9H12O7S/c1-2-3-9(17(12,13)14)6-7(10)15-4-5-16-8(9)11/h2H,1,3-6H2,(H,12,13,14). The lowest BCUT2D eigenvalue weighted by atomic mass is 10.00. The van der Waals surface area contributed by atoms with Gasteiger partial charge in [-0.3, -0.25) is 14.1 Å². The van der Waals surface area contributed by atoms with Crippen LogP contribution in [0.15, 0.2) is 12.7 Å². The fourth-order valence-corrected chi connectivity index (χ4v) is 2.37. The van der Waals surface area contributed by atoms with Crippen molar-refractivity contribution in [3.05, 3.63) is 12.7 Å². The maximum Gasteiger partial charge on any atom is 0.331 e. The molecule has 96 valence electrons. The molecule has 7 nitrogen and oxygen atoms in total. The van der Waals surface area contributed by atoms with Crippen LogP contribution in [0.3, 0.4) is 0 Å². The number of carbonyl (C=O) groups excluding carboxylic acids is 2. The third-order valence-corrected chi connectivity index (χ3v) is 3.81. The van der Waals surface area contributed by atoms with E-state index in [1.807, 2.05) is 0 Å². The number of hydrogen-bond acceptors (Lipinski definition) is 6. The van der Waals surface area contributed by atoms with Gasteiger partial charge in [0.1, 0.15) is 13.2 Å². The molecule has 0 amide bonds. The second kappa shape index (κ2) is 4.84. The molecule has 0 spiro atoms. The van der Waals surface area contributed by atoms with Crippen molar-refractivity contribution >= 4 is 22.1 Å². The fraction of sp³-hybridized carbons (Fsp3) is 0.556. The van der Waals surface area contributed by atoms with Crippen LogP contribution in [0.4, 0.5) is 0 Å². The average molecular weight is 264 g/mol. The Morgan fingerprint density at radius 2 is 1.94 bits per heavy atom. The third-order valence-electron chi connectivity index (χ3n) is 2.35. The zero-order valence-electron chi connectivity index (χ0n) is 8.92. The highest BCUT2D eigenvalue weighted by atomic mass is 32.2. The Balaban J connectivity index is 3.25. The maximum absolute atomic E-state index is 11.7. The number of ether oxygens (including phenoxy) is 2. The topological polar surface area (TPSA) is 107 Å². The minimum Gasteiger partial charge on any atom is -0.462 e. The van der Waals surface area contributed by atoms with Crippen LogP contribution in [0.2, 0.25) is 0 Å². The summed E-state index contributed by atoms with van der Waals surface area (Å²) in [5.41, 5.74) is 0. The molecule has 1 heterocycles. The molecule has 0 radical (unpaired) electrons. The number of rotatable bonds is 3. The first-order valence-electron chi connectivity index (χ1n) is 4.74. The summed E-state index contributed by atoms with van der Waals surface area (Å²) < 4.78 is 38.7. The minimum atomic E-state index is -4.82. The normalized spacial score (nSPS) is 26.4. The van der Waals surface area contributed by atoms with Gasteiger partial charge in [0.2, 0.25) is 4.75 Å². The second-order valence-electron chi connectivity index (χ2n) is 3.50. The maximum atomic E-state index is 11.7. The van der Waals surface area contributed by atoms with E-state index in [2.05, 4.69) is 16.1 Å². The molecule has 0 bridgehead atoms. The van der Waals surface area contributed by atoms with Gasteiger partial charge < -0.3 is 9.47 Å². The second-order valence-corrected chi connectivity index (χ2v) is 5.23. The van der Waals surface area contributed by atoms with E-state index < -0.39 is 39.6 Å². The van der Waals surface area contributed by atoms with E-state index in [1.54, 1.807) is 0 Å². The number of cyclic esters (lactones) is 2. The predicted octanol–water partition coefficient (Wildman–Crippen LogP) is -0.321. The van der Waals surface area contributed by atoms with E-state index in [0.29, 0.717) is 0 Å². The lowest BCUT2D eigenvalue weighted by Crippen LogP contribution is -2.50. The quantitative estimate of drug-likeness (QED) is 0.423. The monoisotopic (exact) mass is 264 g/mol. The third kappa shape index (κ3) is 2.64. The van der Waals surface area contributed by atoms with Crippen molar-refractivity contribution in [1.82, 2.24) is 0 Å². The van der Waals surface area contributed by atoms with Crippen molar-refractivity contribution in [2.45, 2.75) is 17.6 Å². The largest absolute Gasteiger partial charge is 0.462 e. The van der Waals surface area contributed by atoms with Gasteiger partial charge in [0.15, 0.2) is 0 Å². The van der Waals surface area contributed by atoms with Crippen LogP contribution in [-0.4, -0.2) is 42.9 Å². The van der Waals surface area contributed by atoms with Crippen molar-refractivity contribution < 1.29 is 32.0 Å². The lowest BCUT2D eigenvalue weighted by Gasteiger charge is -2.28. The van der Waals surface area contributed by atoms with Crippen molar-refractivity contribution in [3.63, 3.8) is 0 Å². The molecule has 0 aromatic carbocycles. The van der Waals surface area contributed by atoms with E-state index in [4.69, 9.17) is 4.55 Å². The number of allylic oxidation sites excluding steroid dienone is 1. The Labute approximate surface area is 98.1 Å². The Morgan fingerprint density at radius 3 is 2.47 bits per heavy atom. The van der Waals surface area contributed by atoms with Crippen LogP contribution >= 0.6 is 0 Å². The van der Waals surface area contributed by atoms with E-state index in [1.165, 1.54) is 0 Å². The zero-order chi connectivity index (χ0) is 13.1. The number of carbonyl (C=O) groups is 2. The molecule has 0 aromatic rings. The molecule has 1 aliphatic heterocycles. The molecule has 8 heteroatoms. The molecular weight excluding hydrogens is 252 g/mol. The molecule has 0 saturated carbocycles. The van der Waals surface area contributed by atoms with E-state index >= 15 is 0 Å². The molecule has 0 aromatic heterocycles. The summed E-state index contributed by atoms with van der Waals surface area (Å²) in [4.78, 5) is 22.9. The van der Waals surface area contributed by atoms with Gasteiger partial charge in [0.05, 0.1) is 6.42 Å². The van der Waals surface area contributed by atoms with Crippen LogP contribution in [0.25, 0.3) is 0 Å². The number of hydrogen-bond donors (Lipinski definition) is 1. The number of esters is 2. The van der Waals surface area contributed by atoms with Crippen LogP contribution in [0.1, 0.15) is 12.8 Å². The highest BCUT2D eigenvalue weighted by molar-refractivity contribution is 7.88. The van der Waals surface area contributed by atoms with Gasteiger partial charge in [-0.25, -0.2) is 0 Å². The van der Waals surface area contributed by atoms with Gasteiger partial charge in [-0.1, -0.05) is 6.08 Å². The molecule has 1 unspecified atom stereocenters. The summed E-state index contributed by atoms with van der Waals surface area (Å²) in [7, 11) is -4.82. The van der Waals surface area contributed by atoms with Crippen molar-refractivity contribution in [2.24, 2.45) is 0 Å². The highest BCUT2D eigenvalue weighted by Crippen LogP contribution is 2.29. The molecule has 1 aliphatic rings. The van der Waals surface area contributed by atoms with Crippen LogP contribution < -0.4 is 0 Å². The van der Waals surface area contributed by atoms with Gasteiger partial charge >= 0.3 is 11.9 Å². The molecule has 17 heavy (non-hydrogen) atoms. The smallest absolute Gasteiger partial charge is 0.331 e. The van der Waals surface area contributed by atoms with Crippen molar-refractivity contribution in [1.29, 1.82) is 0 Å². The van der Waals surface area contributed by atoms with Gasteiger partial charge in [0.25, 0.3) is 10.1 Å². The van der Waals surface area contributed by atoms with Gasteiger partial charge in [0, 0.05) is 0 Å². The Bertz CT molecular complexity index is 438.